The van der Waals surface area contributed by atoms with Crippen molar-refractivity contribution >= 4 is 29.0 Å². The van der Waals surface area contributed by atoms with Crippen LogP contribution in [0, 0.1) is 5.82 Å². The van der Waals surface area contributed by atoms with E-state index in [4.69, 9.17) is 4.42 Å². The second kappa shape index (κ2) is 8.07. The van der Waals surface area contributed by atoms with Crippen molar-refractivity contribution in [3.8, 4) is 11.3 Å². The van der Waals surface area contributed by atoms with Crippen LogP contribution in [0.2, 0.25) is 0 Å². The van der Waals surface area contributed by atoms with Crippen LogP contribution in [0.1, 0.15) is 16.9 Å². The van der Waals surface area contributed by atoms with Crippen molar-refractivity contribution in [1.29, 1.82) is 0 Å². The number of carbonyl (C=O) groups excluding carboxylic acids is 2. The average Bonchev–Trinajstić information content (AvgIpc) is 3.29. The number of thioether (sulfide) groups is 1. The van der Waals surface area contributed by atoms with Crippen molar-refractivity contribution in [2.45, 2.75) is 12.7 Å². The maximum Gasteiger partial charge on any atom is 0.417 e. The van der Waals surface area contributed by atoms with Gasteiger partial charge in [0.15, 0.2) is 0 Å². The summed E-state index contributed by atoms with van der Waals surface area (Å²) in [5.74, 6) is -1.08. The molecule has 0 radical (unpaired) electrons. The fraction of sp³-hybridized carbons (Fsp3) is 0.0909. The predicted octanol–water partition coefficient (Wildman–Crippen LogP) is 6.34. The molecular formula is C22H13F4NO3S. The van der Waals surface area contributed by atoms with Gasteiger partial charge in [-0.25, -0.2) is 4.39 Å². The first kappa shape index (κ1) is 20.9. The number of alkyl halides is 3. The molecule has 2 aromatic carbocycles. The van der Waals surface area contributed by atoms with Crippen LogP contribution in [0.4, 0.5) is 22.4 Å². The molecule has 1 aliphatic heterocycles. The molecule has 0 bridgehead atoms. The Bertz CT molecular complexity index is 1200. The van der Waals surface area contributed by atoms with E-state index >= 15 is 0 Å². The van der Waals surface area contributed by atoms with E-state index in [1.54, 1.807) is 6.07 Å². The first-order valence-electron chi connectivity index (χ1n) is 8.99. The Kier molecular flexibility index (Phi) is 5.45. The summed E-state index contributed by atoms with van der Waals surface area (Å²) in [6.45, 7) is -0.225. The van der Waals surface area contributed by atoms with Gasteiger partial charge in [0.25, 0.3) is 11.1 Å². The van der Waals surface area contributed by atoms with Crippen molar-refractivity contribution in [3.63, 3.8) is 0 Å². The van der Waals surface area contributed by atoms with E-state index in [9.17, 15) is 27.2 Å². The van der Waals surface area contributed by atoms with Gasteiger partial charge >= 0.3 is 6.18 Å². The van der Waals surface area contributed by atoms with Gasteiger partial charge in [0, 0.05) is 17.2 Å². The van der Waals surface area contributed by atoms with E-state index in [2.05, 4.69) is 0 Å². The van der Waals surface area contributed by atoms with Crippen LogP contribution >= 0.6 is 11.8 Å². The van der Waals surface area contributed by atoms with Gasteiger partial charge < -0.3 is 4.42 Å². The first-order valence-corrected chi connectivity index (χ1v) is 9.81. The topological polar surface area (TPSA) is 50.5 Å². The normalized spacial score (nSPS) is 15.9. The summed E-state index contributed by atoms with van der Waals surface area (Å²) < 4.78 is 59.1. The number of rotatable bonds is 4. The molecule has 1 fully saturated rings. The van der Waals surface area contributed by atoms with E-state index < -0.39 is 28.7 Å². The van der Waals surface area contributed by atoms with Crippen LogP contribution < -0.4 is 0 Å². The summed E-state index contributed by atoms with van der Waals surface area (Å²) in [5.41, 5.74) is -0.793. The number of hydrogen-bond acceptors (Lipinski definition) is 4. The standard InChI is InChI=1S/C22H13F4NO3S/c23-17-8-4-1-5-13(17)12-27-20(28)19(31-21(27)29)11-14-9-10-18(30-14)15-6-2-3-7-16(15)22(24,25)26/h1-11H,12H2/b19-11+. The molecule has 158 valence electrons. The summed E-state index contributed by atoms with van der Waals surface area (Å²) in [6.07, 6.45) is -3.27. The molecule has 0 spiro atoms. The molecule has 0 unspecified atom stereocenters. The zero-order chi connectivity index (χ0) is 22.2. The maximum absolute atomic E-state index is 13.9. The summed E-state index contributed by atoms with van der Waals surface area (Å²) in [4.78, 5) is 25.8. The monoisotopic (exact) mass is 447 g/mol. The smallest absolute Gasteiger partial charge is 0.417 e. The molecule has 1 aromatic heterocycles. The number of carbonyl (C=O) groups is 2. The second-order valence-electron chi connectivity index (χ2n) is 6.60. The van der Waals surface area contributed by atoms with Gasteiger partial charge in [-0.05, 0) is 36.0 Å². The lowest BCUT2D eigenvalue weighted by atomic mass is 10.1. The molecule has 9 heteroatoms. The van der Waals surface area contributed by atoms with Crippen LogP contribution in [0.15, 0.2) is 70.0 Å². The Morgan fingerprint density at radius 1 is 0.968 bits per heavy atom. The zero-order valence-electron chi connectivity index (χ0n) is 15.7. The van der Waals surface area contributed by atoms with Crippen LogP contribution in [0.3, 0.4) is 0 Å². The molecule has 1 saturated heterocycles. The number of imide groups is 1. The SMILES string of the molecule is O=C1S/C(=C/c2ccc(-c3ccccc3C(F)(F)F)o2)C(=O)N1Cc1ccccc1F. The highest BCUT2D eigenvalue weighted by atomic mass is 32.2. The number of benzene rings is 2. The molecule has 3 aromatic rings. The van der Waals surface area contributed by atoms with Gasteiger partial charge in [0.2, 0.25) is 0 Å². The van der Waals surface area contributed by atoms with E-state index in [-0.39, 0.29) is 34.1 Å². The molecule has 4 nitrogen and oxygen atoms in total. The summed E-state index contributed by atoms with van der Waals surface area (Å²) in [6, 6.07) is 13.5. The molecule has 0 saturated carbocycles. The fourth-order valence-electron chi connectivity index (χ4n) is 3.08. The van der Waals surface area contributed by atoms with Gasteiger partial charge in [0.05, 0.1) is 17.0 Å². The Labute approximate surface area is 178 Å². The lowest BCUT2D eigenvalue weighted by Crippen LogP contribution is -2.27. The molecular weight excluding hydrogens is 434 g/mol. The maximum atomic E-state index is 13.9. The minimum Gasteiger partial charge on any atom is -0.457 e. The fourth-order valence-corrected chi connectivity index (χ4v) is 3.90. The third-order valence-corrected chi connectivity index (χ3v) is 5.47. The quantitative estimate of drug-likeness (QED) is 0.346. The summed E-state index contributed by atoms with van der Waals surface area (Å²) in [7, 11) is 0. The van der Waals surface area contributed by atoms with Gasteiger partial charge in [-0.2, -0.15) is 13.2 Å². The Morgan fingerprint density at radius 2 is 1.68 bits per heavy atom. The van der Waals surface area contributed by atoms with Gasteiger partial charge in [-0.3, -0.25) is 14.5 Å². The van der Waals surface area contributed by atoms with E-state index in [1.165, 1.54) is 54.6 Å². The predicted molar refractivity (Wildman–Crippen MR) is 107 cm³/mol. The average molecular weight is 447 g/mol. The highest BCUT2D eigenvalue weighted by molar-refractivity contribution is 8.18. The summed E-state index contributed by atoms with van der Waals surface area (Å²) in [5, 5.41) is -0.575. The van der Waals surface area contributed by atoms with Crippen molar-refractivity contribution in [1.82, 2.24) is 4.90 Å². The molecule has 1 aliphatic rings. The van der Waals surface area contributed by atoms with Gasteiger partial charge in [-0.1, -0.05) is 36.4 Å². The van der Waals surface area contributed by atoms with Gasteiger partial charge in [-0.15, -0.1) is 0 Å². The van der Waals surface area contributed by atoms with Crippen molar-refractivity contribution in [3.05, 3.63) is 88.3 Å². The first-order chi connectivity index (χ1) is 14.7. The molecule has 0 aliphatic carbocycles. The van der Waals surface area contributed by atoms with Crippen molar-refractivity contribution in [2.24, 2.45) is 0 Å². The van der Waals surface area contributed by atoms with Crippen LogP contribution in [-0.4, -0.2) is 16.0 Å². The van der Waals surface area contributed by atoms with Crippen molar-refractivity contribution in [2.75, 3.05) is 0 Å². The minimum atomic E-state index is -4.56. The lowest BCUT2D eigenvalue weighted by Gasteiger charge is -2.12. The highest BCUT2D eigenvalue weighted by Crippen LogP contribution is 2.38. The van der Waals surface area contributed by atoms with E-state index in [0.29, 0.717) is 11.8 Å². The Morgan fingerprint density at radius 3 is 2.42 bits per heavy atom. The number of furan rings is 1. The number of amides is 2. The molecule has 0 N–H and O–H groups in total. The summed E-state index contributed by atoms with van der Waals surface area (Å²) >= 11 is 0.650. The molecule has 0 atom stereocenters. The number of nitrogens with zero attached hydrogens (tertiary/aromatic N) is 1. The molecule has 4 rings (SSSR count). The lowest BCUT2D eigenvalue weighted by molar-refractivity contribution is -0.137. The zero-order valence-corrected chi connectivity index (χ0v) is 16.5. The Balaban J connectivity index is 1.59. The number of hydrogen-bond donors (Lipinski definition) is 0. The third-order valence-electron chi connectivity index (χ3n) is 4.56. The van der Waals surface area contributed by atoms with Gasteiger partial charge in [0.1, 0.15) is 17.3 Å². The second-order valence-corrected chi connectivity index (χ2v) is 7.60. The van der Waals surface area contributed by atoms with E-state index in [1.807, 2.05) is 0 Å². The van der Waals surface area contributed by atoms with Crippen LogP contribution in [0.25, 0.3) is 17.4 Å². The highest BCUT2D eigenvalue weighted by Gasteiger charge is 2.36. The van der Waals surface area contributed by atoms with Crippen molar-refractivity contribution < 1.29 is 31.6 Å². The minimum absolute atomic E-state index is 0.0234. The molecule has 31 heavy (non-hydrogen) atoms. The van der Waals surface area contributed by atoms with Crippen LogP contribution in [0.5, 0.6) is 0 Å². The molecule has 2 heterocycles. The van der Waals surface area contributed by atoms with Crippen LogP contribution in [-0.2, 0) is 17.5 Å². The largest absolute Gasteiger partial charge is 0.457 e. The van der Waals surface area contributed by atoms with E-state index in [0.717, 1.165) is 11.0 Å². The third kappa shape index (κ3) is 4.27. The Hall–Kier alpha value is -3.33. The number of halogens is 4. The molecule has 2 amide bonds.